The van der Waals surface area contributed by atoms with Gasteiger partial charge in [-0.05, 0) is 122 Å². The SMILES string of the molecule is CCCCCCCCCCCCCCc1ccc(Nc2ccc(C(=O)Oc3ccc(Cl)c(OC(=O)c4ccc(Nc5ccc(CCCCCCCCCCCCCC)cc5)cc4)c3)cc2)cc1. The van der Waals surface area contributed by atoms with Crippen molar-refractivity contribution in [1.82, 2.24) is 0 Å². The molecule has 6 nitrogen and oxygen atoms in total. The van der Waals surface area contributed by atoms with Gasteiger partial charge in [0.25, 0.3) is 0 Å². The molecule has 0 aliphatic carbocycles. The Hall–Kier alpha value is -5.07. The zero-order valence-electron chi connectivity index (χ0n) is 40.9. The van der Waals surface area contributed by atoms with Crippen molar-refractivity contribution in [3.63, 3.8) is 0 Å². The number of rotatable bonds is 34. The summed E-state index contributed by atoms with van der Waals surface area (Å²) in [4.78, 5) is 26.2. The molecule has 2 N–H and O–H groups in total. The van der Waals surface area contributed by atoms with Gasteiger partial charge in [-0.1, -0.05) is 191 Å². The number of hydrogen-bond acceptors (Lipinski definition) is 6. The van der Waals surface area contributed by atoms with Crippen molar-refractivity contribution in [1.29, 1.82) is 0 Å². The van der Waals surface area contributed by atoms with E-state index >= 15 is 0 Å². The first-order chi connectivity index (χ1) is 32.9. The van der Waals surface area contributed by atoms with E-state index in [-0.39, 0.29) is 16.5 Å². The van der Waals surface area contributed by atoms with Gasteiger partial charge in [-0.2, -0.15) is 0 Å². The summed E-state index contributed by atoms with van der Waals surface area (Å²) < 4.78 is 11.3. The third kappa shape index (κ3) is 21.2. The topological polar surface area (TPSA) is 76.7 Å². The number of benzene rings is 5. The quantitative estimate of drug-likeness (QED) is 0.0243. The van der Waals surface area contributed by atoms with Crippen LogP contribution < -0.4 is 20.1 Å². The molecule has 0 saturated carbocycles. The first-order valence-corrected chi connectivity index (χ1v) is 26.4. The second-order valence-electron chi connectivity index (χ2n) is 18.4. The van der Waals surface area contributed by atoms with Crippen LogP contribution >= 0.6 is 11.6 Å². The molecule has 0 heterocycles. The second-order valence-corrected chi connectivity index (χ2v) is 18.9. The Morgan fingerprint density at radius 1 is 0.388 bits per heavy atom. The Balaban J connectivity index is 0.969. The maximum atomic E-state index is 13.1. The molecular formula is C60H79ClN2O4. The fraction of sp³-hybridized carbons (Fsp3) is 0.467. The van der Waals surface area contributed by atoms with Crippen LogP contribution in [0.1, 0.15) is 200 Å². The van der Waals surface area contributed by atoms with Gasteiger partial charge in [0.05, 0.1) is 16.1 Å². The van der Waals surface area contributed by atoms with E-state index in [1.165, 1.54) is 171 Å². The van der Waals surface area contributed by atoms with Gasteiger partial charge in [-0.3, -0.25) is 0 Å². The molecule has 7 heteroatoms. The fourth-order valence-corrected chi connectivity index (χ4v) is 8.67. The number of anilines is 4. The standard InChI is InChI=1S/C60H79ClN2O4/c1-3-5-7-9-11-13-15-17-19-21-23-25-27-48-29-37-52(38-30-48)62-54-41-33-50(34-42-54)59(64)66-56-45-46-57(61)58(47-56)67-60(65)51-35-43-55(44-36-51)63-53-39-31-49(32-40-53)28-26-24-22-20-18-16-14-12-10-8-6-4-2/h29-47,62-63H,3-28H2,1-2H3. The van der Waals surface area contributed by atoms with E-state index < -0.39 is 11.9 Å². The molecule has 0 spiro atoms. The highest BCUT2D eigenvalue weighted by atomic mass is 35.5. The molecule has 67 heavy (non-hydrogen) atoms. The average molecular weight is 928 g/mol. The van der Waals surface area contributed by atoms with Crippen molar-refractivity contribution in [3.8, 4) is 11.5 Å². The Kier molecular flexibility index (Phi) is 25.1. The van der Waals surface area contributed by atoms with E-state index in [1.807, 2.05) is 24.3 Å². The first-order valence-electron chi connectivity index (χ1n) is 26.1. The number of aryl methyl sites for hydroxylation is 2. The lowest BCUT2D eigenvalue weighted by atomic mass is 10.0. The van der Waals surface area contributed by atoms with Crippen LogP contribution in [0, 0.1) is 0 Å². The van der Waals surface area contributed by atoms with Gasteiger partial charge >= 0.3 is 11.9 Å². The minimum absolute atomic E-state index is 0.0995. The predicted octanol–water partition coefficient (Wildman–Crippen LogP) is 18.8. The summed E-state index contributed by atoms with van der Waals surface area (Å²) in [5, 5.41) is 7.06. The van der Waals surface area contributed by atoms with Crippen molar-refractivity contribution in [2.75, 3.05) is 10.6 Å². The highest BCUT2D eigenvalue weighted by molar-refractivity contribution is 6.32. The summed E-state index contributed by atoms with van der Waals surface area (Å²) in [6.45, 7) is 4.55. The highest BCUT2D eigenvalue weighted by Gasteiger charge is 2.15. The molecule has 5 aromatic rings. The summed E-state index contributed by atoms with van der Waals surface area (Å²) in [5.74, 6) is -0.799. The van der Waals surface area contributed by atoms with Gasteiger partial charge in [-0.15, -0.1) is 0 Å². The van der Waals surface area contributed by atoms with E-state index in [9.17, 15) is 9.59 Å². The second kappa shape index (κ2) is 31.8. The van der Waals surface area contributed by atoms with Crippen molar-refractivity contribution < 1.29 is 19.1 Å². The van der Waals surface area contributed by atoms with Crippen LogP contribution in [0.4, 0.5) is 22.7 Å². The van der Waals surface area contributed by atoms with Crippen molar-refractivity contribution in [2.24, 2.45) is 0 Å². The summed E-state index contributed by atoms with van der Waals surface area (Å²) in [5.41, 5.74) is 7.16. The molecule has 0 aliphatic heterocycles. The van der Waals surface area contributed by atoms with Crippen molar-refractivity contribution in [3.05, 3.63) is 143 Å². The summed E-state index contributed by atoms with van der Waals surface area (Å²) in [7, 11) is 0. The van der Waals surface area contributed by atoms with E-state index in [0.717, 1.165) is 35.6 Å². The molecule has 0 amide bonds. The molecule has 0 aromatic heterocycles. The Labute approximate surface area is 409 Å². The Bertz CT molecular complexity index is 2120. The third-order valence-corrected chi connectivity index (χ3v) is 13.0. The zero-order valence-corrected chi connectivity index (χ0v) is 41.6. The average Bonchev–Trinajstić information content (AvgIpc) is 3.34. The molecule has 0 aliphatic rings. The molecule has 0 unspecified atom stereocenters. The van der Waals surface area contributed by atoms with Crippen molar-refractivity contribution >= 4 is 46.3 Å². The van der Waals surface area contributed by atoms with Gasteiger partial charge in [0.2, 0.25) is 0 Å². The predicted molar refractivity (Wildman–Crippen MR) is 283 cm³/mol. The highest BCUT2D eigenvalue weighted by Crippen LogP contribution is 2.31. The van der Waals surface area contributed by atoms with E-state index in [2.05, 4.69) is 73.0 Å². The largest absolute Gasteiger partial charge is 0.423 e. The van der Waals surface area contributed by atoms with Crippen LogP contribution in [0.5, 0.6) is 11.5 Å². The third-order valence-electron chi connectivity index (χ3n) is 12.7. The molecule has 360 valence electrons. The van der Waals surface area contributed by atoms with Gasteiger partial charge < -0.3 is 20.1 Å². The number of carbonyl (C=O) groups is 2. The summed E-state index contributed by atoms with van der Waals surface area (Å²) >= 11 is 6.41. The molecule has 0 atom stereocenters. The van der Waals surface area contributed by atoms with E-state index in [4.69, 9.17) is 21.1 Å². The van der Waals surface area contributed by atoms with Crippen LogP contribution in [-0.4, -0.2) is 11.9 Å². The van der Waals surface area contributed by atoms with Gasteiger partial charge in [0.15, 0.2) is 5.75 Å². The number of halogens is 1. The molecular weight excluding hydrogens is 848 g/mol. The minimum atomic E-state index is -0.573. The number of unbranched alkanes of at least 4 members (excludes halogenated alkanes) is 22. The number of carbonyl (C=O) groups excluding carboxylic acids is 2. The number of esters is 2. The summed E-state index contributed by atoms with van der Waals surface area (Å²) in [6.07, 6.45) is 34.8. The Morgan fingerprint density at radius 3 is 1.06 bits per heavy atom. The first kappa shape index (κ1) is 52.9. The van der Waals surface area contributed by atoms with Crippen molar-refractivity contribution in [2.45, 2.75) is 181 Å². The van der Waals surface area contributed by atoms with Gasteiger partial charge in [0.1, 0.15) is 5.75 Å². The molecule has 5 rings (SSSR count). The molecule has 5 aromatic carbocycles. The lowest BCUT2D eigenvalue weighted by molar-refractivity contribution is 0.0733. The number of hydrogen-bond donors (Lipinski definition) is 2. The Morgan fingerprint density at radius 2 is 0.701 bits per heavy atom. The molecule has 0 radical (unpaired) electrons. The lowest BCUT2D eigenvalue weighted by Gasteiger charge is -2.11. The summed E-state index contributed by atoms with van der Waals surface area (Å²) in [6, 6.07) is 36.0. The lowest BCUT2D eigenvalue weighted by Crippen LogP contribution is -2.10. The van der Waals surface area contributed by atoms with Gasteiger partial charge in [0, 0.05) is 28.8 Å². The van der Waals surface area contributed by atoms with Crippen LogP contribution in [0.3, 0.4) is 0 Å². The number of nitrogens with one attached hydrogen (secondary N) is 2. The fourth-order valence-electron chi connectivity index (χ4n) is 8.51. The normalized spacial score (nSPS) is 11.1. The minimum Gasteiger partial charge on any atom is -0.423 e. The van der Waals surface area contributed by atoms with Crippen LogP contribution in [0.25, 0.3) is 0 Å². The molecule has 0 fully saturated rings. The van der Waals surface area contributed by atoms with Crippen LogP contribution in [-0.2, 0) is 12.8 Å². The maximum absolute atomic E-state index is 13.1. The monoisotopic (exact) mass is 927 g/mol. The zero-order chi connectivity index (χ0) is 47.2. The molecule has 0 saturated heterocycles. The van der Waals surface area contributed by atoms with E-state index in [0.29, 0.717) is 11.1 Å². The van der Waals surface area contributed by atoms with Crippen LogP contribution in [0.2, 0.25) is 5.02 Å². The van der Waals surface area contributed by atoms with Crippen LogP contribution in [0.15, 0.2) is 115 Å². The molecule has 0 bridgehead atoms. The number of ether oxygens (including phenoxy) is 2. The smallest absolute Gasteiger partial charge is 0.343 e. The van der Waals surface area contributed by atoms with Gasteiger partial charge in [-0.25, -0.2) is 9.59 Å². The van der Waals surface area contributed by atoms with E-state index in [1.54, 1.807) is 36.4 Å². The maximum Gasteiger partial charge on any atom is 0.343 e.